The van der Waals surface area contributed by atoms with Gasteiger partial charge in [0.2, 0.25) is 0 Å². The van der Waals surface area contributed by atoms with E-state index in [2.05, 4.69) is 39.1 Å². The monoisotopic (exact) mass is 778 g/mol. The molecule has 0 spiro atoms. The van der Waals surface area contributed by atoms with Gasteiger partial charge in [-0.2, -0.15) is 38.5 Å². The SMILES string of the molecule is CCCCc1cc2c(-c3ccccc3C(F)(F)F)cccc2[cH-]1.CCCCc1cc2c(-c3ccccc3C(F)(F)F)cccc2[cH-]1.C[Si]C.[Zr+2]. The van der Waals surface area contributed by atoms with E-state index >= 15 is 0 Å². The average Bonchev–Trinajstić information content (AvgIpc) is 3.70. The molecule has 2 radical (unpaired) electrons. The molecular weight excluding hydrogens is 738 g/mol. The third kappa shape index (κ3) is 10.4. The first-order valence-corrected chi connectivity index (χ1v) is 18.7. The van der Waals surface area contributed by atoms with Crippen LogP contribution in [0.2, 0.25) is 13.1 Å². The number of fused-ring (bicyclic) bond motifs is 2. The molecule has 0 amide bonds. The second-order valence-electron chi connectivity index (χ2n) is 12.1. The molecule has 0 aromatic heterocycles. The van der Waals surface area contributed by atoms with Crippen LogP contribution in [0.5, 0.6) is 0 Å². The normalized spacial score (nSPS) is 11.4. The van der Waals surface area contributed by atoms with Crippen molar-refractivity contribution >= 4 is 31.1 Å². The summed E-state index contributed by atoms with van der Waals surface area (Å²) < 4.78 is 79.8. The van der Waals surface area contributed by atoms with Crippen molar-refractivity contribution in [1.29, 1.82) is 0 Å². The molecule has 0 aliphatic carbocycles. The van der Waals surface area contributed by atoms with Gasteiger partial charge in [0.15, 0.2) is 0 Å². The van der Waals surface area contributed by atoms with Gasteiger partial charge in [0.25, 0.3) is 0 Å². The fourth-order valence-corrected chi connectivity index (χ4v) is 6.04. The Morgan fingerprint density at radius 1 is 0.520 bits per heavy atom. The number of benzene rings is 4. The van der Waals surface area contributed by atoms with Crippen molar-refractivity contribution in [3.63, 3.8) is 0 Å². The number of aryl methyl sites for hydroxylation is 2. The van der Waals surface area contributed by atoms with Gasteiger partial charge in [-0.1, -0.05) is 112 Å². The summed E-state index contributed by atoms with van der Waals surface area (Å²) in [5.74, 6) is 0. The van der Waals surface area contributed by atoms with Gasteiger partial charge < -0.3 is 0 Å². The van der Waals surface area contributed by atoms with Crippen LogP contribution < -0.4 is 0 Å². The molecule has 0 saturated carbocycles. The van der Waals surface area contributed by atoms with Crippen LogP contribution in [0.3, 0.4) is 0 Å². The molecule has 0 saturated heterocycles. The van der Waals surface area contributed by atoms with E-state index < -0.39 is 23.5 Å². The van der Waals surface area contributed by atoms with Gasteiger partial charge in [-0.05, 0) is 36.1 Å². The number of hydrogen-bond acceptors (Lipinski definition) is 0. The maximum atomic E-state index is 13.3. The molecule has 0 nitrogen and oxygen atoms in total. The van der Waals surface area contributed by atoms with Crippen molar-refractivity contribution in [2.45, 2.75) is 77.8 Å². The molecule has 8 heteroatoms. The van der Waals surface area contributed by atoms with E-state index in [1.54, 1.807) is 36.4 Å². The summed E-state index contributed by atoms with van der Waals surface area (Å²) in [6, 6.07) is 31.0. The molecule has 0 fully saturated rings. The standard InChI is InChI=1S/2C20H18F3.C2H6Si.Zr/c2*1-2-3-7-14-12-15-8-6-10-16(18(15)13-14)17-9-4-5-11-19(17)20(21,22)23;1-3-2;/h2*4-6,8-13H,2-3,7H2,1H3;1-2H3;/q2*-1;;+2. The summed E-state index contributed by atoms with van der Waals surface area (Å²) in [6.07, 6.45) is -2.39. The van der Waals surface area contributed by atoms with Crippen LogP contribution in [0.4, 0.5) is 26.3 Å². The van der Waals surface area contributed by atoms with E-state index in [1.807, 2.05) is 36.4 Å². The Labute approximate surface area is 313 Å². The van der Waals surface area contributed by atoms with Crippen molar-refractivity contribution < 1.29 is 52.5 Å². The predicted octanol–water partition coefficient (Wildman–Crippen LogP) is 14.0. The first-order chi connectivity index (χ1) is 23.4. The molecule has 0 heterocycles. The molecule has 0 aliphatic heterocycles. The fraction of sp³-hybridized carbons (Fsp3) is 0.286. The smallest absolute Gasteiger partial charge is 0.166 e. The van der Waals surface area contributed by atoms with Crippen molar-refractivity contribution in [2.75, 3.05) is 0 Å². The van der Waals surface area contributed by atoms with Gasteiger partial charge in [-0.3, -0.25) is 0 Å². The molecule has 0 atom stereocenters. The van der Waals surface area contributed by atoms with E-state index in [9.17, 15) is 26.3 Å². The second kappa shape index (κ2) is 18.9. The van der Waals surface area contributed by atoms with E-state index in [-0.39, 0.29) is 37.3 Å². The summed E-state index contributed by atoms with van der Waals surface area (Å²) in [5.41, 5.74) is 3.03. The van der Waals surface area contributed by atoms with Crippen molar-refractivity contribution in [3.05, 3.63) is 131 Å². The van der Waals surface area contributed by atoms with Gasteiger partial charge in [0.1, 0.15) is 0 Å². The molecule has 6 aromatic rings. The number of unbranched alkanes of at least 4 members (excludes halogenated alkanes) is 2. The minimum atomic E-state index is -4.35. The van der Waals surface area contributed by atoms with E-state index in [0.717, 1.165) is 81.7 Å². The molecule has 0 aliphatic rings. The topological polar surface area (TPSA) is 0 Å². The van der Waals surface area contributed by atoms with E-state index in [0.29, 0.717) is 11.1 Å². The number of rotatable bonds is 8. The first-order valence-electron chi connectivity index (χ1n) is 16.7. The van der Waals surface area contributed by atoms with Gasteiger partial charge in [-0.25, -0.2) is 0 Å². The maximum absolute atomic E-state index is 13.3. The molecule has 0 N–H and O–H groups in total. The molecule has 0 bridgehead atoms. The largest absolute Gasteiger partial charge is 2.00 e. The predicted molar refractivity (Wildman–Crippen MR) is 195 cm³/mol. The summed E-state index contributed by atoms with van der Waals surface area (Å²) >= 11 is 0. The summed E-state index contributed by atoms with van der Waals surface area (Å²) in [7, 11) is 1.08. The minimum absolute atomic E-state index is 0. The van der Waals surface area contributed by atoms with Crippen molar-refractivity contribution in [3.8, 4) is 22.3 Å². The number of halogens is 6. The third-order valence-electron chi connectivity index (χ3n) is 8.30. The number of hydrogen-bond donors (Lipinski definition) is 0. The fourth-order valence-electron chi connectivity index (χ4n) is 6.04. The molecule has 6 rings (SSSR count). The zero-order valence-corrected chi connectivity index (χ0v) is 32.4. The van der Waals surface area contributed by atoms with E-state index in [4.69, 9.17) is 0 Å². The molecular formula is C42H42F6SiZr. The van der Waals surface area contributed by atoms with Gasteiger partial charge in [0.05, 0.1) is 11.1 Å². The Morgan fingerprint density at radius 3 is 1.20 bits per heavy atom. The van der Waals surface area contributed by atoms with Crippen molar-refractivity contribution in [2.24, 2.45) is 0 Å². The van der Waals surface area contributed by atoms with Crippen LogP contribution in [-0.2, 0) is 51.4 Å². The Kier molecular flexibility index (Phi) is 15.5. The summed E-state index contributed by atoms with van der Waals surface area (Å²) in [6.45, 7) is 8.57. The molecule has 260 valence electrons. The van der Waals surface area contributed by atoms with Crippen LogP contribution in [0.1, 0.15) is 61.8 Å². The molecule has 6 aromatic carbocycles. The second-order valence-corrected chi connectivity index (χ2v) is 13.1. The average molecular weight is 780 g/mol. The number of alkyl halides is 6. The van der Waals surface area contributed by atoms with Gasteiger partial charge in [0, 0.05) is 9.52 Å². The Morgan fingerprint density at radius 2 is 0.860 bits per heavy atom. The van der Waals surface area contributed by atoms with Gasteiger partial charge >= 0.3 is 38.6 Å². The third-order valence-corrected chi connectivity index (χ3v) is 8.30. The zero-order chi connectivity index (χ0) is 35.6. The van der Waals surface area contributed by atoms with Crippen LogP contribution in [0.25, 0.3) is 43.8 Å². The van der Waals surface area contributed by atoms with Crippen LogP contribution in [0, 0.1) is 0 Å². The van der Waals surface area contributed by atoms with Crippen molar-refractivity contribution in [1.82, 2.24) is 0 Å². The quantitative estimate of drug-likeness (QED) is 0.0820. The van der Waals surface area contributed by atoms with E-state index in [1.165, 1.54) is 23.3 Å². The van der Waals surface area contributed by atoms with Gasteiger partial charge in [-0.15, -0.1) is 69.1 Å². The summed E-state index contributed by atoms with van der Waals surface area (Å²) in [4.78, 5) is 0. The maximum Gasteiger partial charge on any atom is 2.00 e. The van der Waals surface area contributed by atoms with Crippen LogP contribution in [-0.4, -0.2) is 9.52 Å². The first kappa shape index (κ1) is 41.2. The zero-order valence-electron chi connectivity index (χ0n) is 28.9. The van der Waals surface area contributed by atoms with Crippen LogP contribution >= 0.6 is 0 Å². The molecule has 50 heavy (non-hydrogen) atoms. The molecule has 0 unspecified atom stereocenters. The Hall–Kier alpha value is -3.22. The van der Waals surface area contributed by atoms with Crippen LogP contribution in [0.15, 0.2) is 109 Å². The Balaban J connectivity index is 0.000000246. The summed E-state index contributed by atoms with van der Waals surface area (Å²) in [5, 5.41) is 3.81. The minimum Gasteiger partial charge on any atom is -0.166 e. The Bertz CT molecular complexity index is 1790.